The smallest absolute Gasteiger partial charge is 0.348 e. The van der Waals surface area contributed by atoms with Gasteiger partial charge in [-0.2, -0.15) is 5.10 Å². The largest absolute Gasteiger partial charge is 0.380 e. The minimum atomic E-state index is -0.295. The zero-order valence-corrected chi connectivity index (χ0v) is 11.5. The topological polar surface area (TPSA) is 84.3 Å². The second kappa shape index (κ2) is 5.76. The van der Waals surface area contributed by atoms with Crippen LogP contribution in [0.3, 0.4) is 0 Å². The average molecular weight is 285 g/mol. The Hall–Kier alpha value is -2.67. The van der Waals surface area contributed by atoms with Crippen LogP contribution in [0.2, 0.25) is 0 Å². The Morgan fingerprint density at radius 2 is 2.19 bits per heavy atom. The van der Waals surface area contributed by atoms with Gasteiger partial charge in [-0.15, -0.1) is 0 Å². The van der Waals surface area contributed by atoms with Crippen LogP contribution in [0.1, 0.15) is 11.1 Å². The van der Waals surface area contributed by atoms with E-state index >= 15 is 0 Å². The molecule has 2 heterocycles. The number of aromatic amines is 1. The lowest BCUT2D eigenvalue weighted by atomic mass is 10.1. The summed E-state index contributed by atoms with van der Waals surface area (Å²) in [5.74, 6) is 0.665. The van der Waals surface area contributed by atoms with Crippen molar-refractivity contribution in [2.24, 2.45) is 0 Å². The number of nitrogens with zero attached hydrogens (tertiary/aromatic N) is 3. The highest BCUT2D eigenvalue weighted by Gasteiger charge is 2.02. The van der Waals surface area contributed by atoms with E-state index < -0.39 is 0 Å². The Morgan fingerprint density at radius 3 is 3.05 bits per heavy atom. The SMILES string of the molecule is COCc1cccc(CNc2cc3n[nH]c(=O)n3cn2)c1. The molecule has 21 heavy (non-hydrogen) atoms. The molecule has 7 nitrogen and oxygen atoms in total. The van der Waals surface area contributed by atoms with E-state index in [1.54, 1.807) is 13.2 Å². The lowest BCUT2D eigenvalue weighted by Gasteiger charge is -2.07. The summed E-state index contributed by atoms with van der Waals surface area (Å²) in [6.45, 7) is 1.23. The zero-order chi connectivity index (χ0) is 14.7. The number of methoxy groups -OCH3 is 1. The molecule has 0 fully saturated rings. The Bertz CT molecular complexity index is 808. The van der Waals surface area contributed by atoms with Gasteiger partial charge in [0.05, 0.1) is 6.61 Å². The monoisotopic (exact) mass is 285 g/mol. The normalized spacial score (nSPS) is 10.9. The molecule has 0 unspecified atom stereocenters. The maximum Gasteiger partial charge on any atom is 0.348 e. The van der Waals surface area contributed by atoms with Gasteiger partial charge >= 0.3 is 5.69 Å². The summed E-state index contributed by atoms with van der Waals surface area (Å²) in [6.07, 6.45) is 1.45. The Kier molecular flexibility index (Phi) is 3.65. The van der Waals surface area contributed by atoms with Crippen molar-refractivity contribution in [1.82, 2.24) is 19.6 Å². The highest BCUT2D eigenvalue weighted by Crippen LogP contribution is 2.10. The van der Waals surface area contributed by atoms with Crippen molar-refractivity contribution in [1.29, 1.82) is 0 Å². The first-order valence-corrected chi connectivity index (χ1v) is 6.49. The maximum absolute atomic E-state index is 11.3. The first kappa shape index (κ1) is 13.3. The summed E-state index contributed by atoms with van der Waals surface area (Å²) in [5.41, 5.74) is 2.49. The van der Waals surface area contributed by atoms with Crippen LogP contribution in [0.25, 0.3) is 5.65 Å². The number of anilines is 1. The molecule has 0 saturated carbocycles. The Morgan fingerprint density at radius 1 is 1.33 bits per heavy atom. The Balaban J connectivity index is 1.73. The van der Waals surface area contributed by atoms with Gasteiger partial charge in [0.15, 0.2) is 5.65 Å². The van der Waals surface area contributed by atoms with E-state index in [-0.39, 0.29) is 5.69 Å². The fraction of sp³-hybridized carbons (Fsp3) is 0.214. The fourth-order valence-corrected chi connectivity index (χ4v) is 2.10. The molecule has 0 saturated heterocycles. The first-order valence-electron chi connectivity index (χ1n) is 6.49. The predicted octanol–water partition coefficient (Wildman–Crippen LogP) is 1.18. The molecule has 3 rings (SSSR count). The van der Waals surface area contributed by atoms with Gasteiger partial charge in [-0.05, 0) is 11.1 Å². The van der Waals surface area contributed by atoms with Gasteiger partial charge < -0.3 is 10.1 Å². The van der Waals surface area contributed by atoms with Gasteiger partial charge in [0.25, 0.3) is 0 Å². The summed E-state index contributed by atoms with van der Waals surface area (Å²) in [5, 5.41) is 9.49. The highest BCUT2D eigenvalue weighted by atomic mass is 16.5. The third kappa shape index (κ3) is 2.92. The quantitative estimate of drug-likeness (QED) is 0.735. The van der Waals surface area contributed by atoms with E-state index in [0.29, 0.717) is 24.6 Å². The number of H-pyrrole nitrogens is 1. The molecular formula is C14H15N5O2. The van der Waals surface area contributed by atoms with Crippen molar-refractivity contribution >= 4 is 11.5 Å². The second-order valence-electron chi connectivity index (χ2n) is 4.64. The van der Waals surface area contributed by atoms with Crippen molar-refractivity contribution in [3.63, 3.8) is 0 Å². The average Bonchev–Trinajstić information content (AvgIpc) is 2.87. The van der Waals surface area contributed by atoms with E-state index in [4.69, 9.17) is 4.74 Å². The van der Waals surface area contributed by atoms with Crippen LogP contribution in [0.15, 0.2) is 41.5 Å². The van der Waals surface area contributed by atoms with Crippen LogP contribution in [-0.2, 0) is 17.9 Å². The number of hydrogen-bond donors (Lipinski definition) is 2. The third-order valence-electron chi connectivity index (χ3n) is 3.09. The Labute approximate surface area is 120 Å². The van der Waals surface area contributed by atoms with Crippen LogP contribution >= 0.6 is 0 Å². The molecule has 0 aliphatic heterocycles. The summed E-state index contributed by atoms with van der Waals surface area (Å²) in [6, 6.07) is 9.84. The molecule has 108 valence electrons. The molecule has 0 amide bonds. The molecule has 2 N–H and O–H groups in total. The van der Waals surface area contributed by atoms with Crippen molar-refractivity contribution in [2.75, 3.05) is 12.4 Å². The van der Waals surface area contributed by atoms with E-state index in [1.807, 2.05) is 18.2 Å². The van der Waals surface area contributed by atoms with Crippen LogP contribution in [0, 0.1) is 0 Å². The predicted molar refractivity (Wildman–Crippen MR) is 78.1 cm³/mol. The standard InChI is InChI=1S/C14H15N5O2/c1-21-8-11-4-2-3-10(5-11)7-15-12-6-13-17-18-14(20)19(13)9-16-12/h2-6,9,15H,7-8H2,1H3,(H,18,20). The lowest BCUT2D eigenvalue weighted by molar-refractivity contribution is 0.185. The number of benzene rings is 1. The molecule has 2 aromatic heterocycles. The van der Waals surface area contributed by atoms with E-state index in [0.717, 1.165) is 11.1 Å². The number of nitrogens with one attached hydrogen (secondary N) is 2. The summed E-state index contributed by atoms with van der Waals surface area (Å²) < 4.78 is 6.47. The van der Waals surface area contributed by atoms with Crippen LogP contribution < -0.4 is 11.0 Å². The maximum atomic E-state index is 11.3. The van der Waals surface area contributed by atoms with Crippen LogP contribution in [-0.4, -0.2) is 26.7 Å². The summed E-state index contributed by atoms with van der Waals surface area (Å²) in [7, 11) is 1.68. The number of fused-ring (bicyclic) bond motifs is 1. The van der Waals surface area contributed by atoms with E-state index in [1.165, 1.54) is 10.7 Å². The highest BCUT2D eigenvalue weighted by molar-refractivity contribution is 5.48. The molecular weight excluding hydrogens is 270 g/mol. The summed E-state index contributed by atoms with van der Waals surface area (Å²) >= 11 is 0. The molecule has 0 atom stereocenters. The second-order valence-corrected chi connectivity index (χ2v) is 4.64. The first-order chi connectivity index (χ1) is 10.3. The minimum Gasteiger partial charge on any atom is -0.380 e. The number of rotatable bonds is 5. The zero-order valence-electron chi connectivity index (χ0n) is 11.5. The molecule has 7 heteroatoms. The molecule has 0 aliphatic rings. The van der Waals surface area contributed by atoms with Gasteiger partial charge in [0, 0.05) is 19.7 Å². The van der Waals surface area contributed by atoms with Gasteiger partial charge in [-0.1, -0.05) is 24.3 Å². The molecule has 3 aromatic rings. The molecule has 0 radical (unpaired) electrons. The van der Waals surface area contributed by atoms with Crippen molar-refractivity contribution in [2.45, 2.75) is 13.2 Å². The molecule has 0 aliphatic carbocycles. The van der Waals surface area contributed by atoms with Gasteiger partial charge in [-0.25, -0.2) is 19.3 Å². The molecule has 0 spiro atoms. The van der Waals surface area contributed by atoms with Crippen molar-refractivity contribution < 1.29 is 4.74 Å². The van der Waals surface area contributed by atoms with Crippen LogP contribution in [0.4, 0.5) is 5.82 Å². The molecule has 1 aromatic carbocycles. The minimum absolute atomic E-state index is 0.295. The number of aromatic nitrogens is 4. The third-order valence-corrected chi connectivity index (χ3v) is 3.09. The number of hydrogen-bond acceptors (Lipinski definition) is 5. The van der Waals surface area contributed by atoms with E-state index in [9.17, 15) is 4.79 Å². The van der Waals surface area contributed by atoms with Crippen LogP contribution in [0.5, 0.6) is 0 Å². The van der Waals surface area contributed by atoms with Gasteiger partial charge in [0.2, 0.25) is 0 Å². The van der Waals surface area contributed by atoms with E-state index in [2.05, 4.69) is 26.6 Å². The lowest BCUT2D eigenvalue weighted by Crippen LogP contribution is -2.10. The van der Waals surface area contributed by atoms with Crippen molar-refractivity contribution in [3.8, 4) is 0 Å². The van der Waals surface area contributed by atoms with Crippen molar-refractivity contribution in [3.05, 3.63) is 58.3 Å². The van der Waals surface area contributed by atoms with Gasteiger partial charge in [0.1, 0.15) is 12.1 Å². The molecule has 0 bridgehead atoms. The fourth-order valence-electron chi connectivity index (χ4n) is 2.10. The number of ether oxygens (including phenoxy) is 1. The van der Waals surface area contributed by atoms with Gasteiger partial charge in [-0.3, -0.25) is 0 Å². The summed E-state index contributed by atoms with van der Waals surface area (Å²) in [4.78, 5) is 15.5.